The van der Waals surface area contributed by atoms with E-state index in [1.165, 1.54) is 25.3 Å². The maximum absolute atomic E-state index is 14.2. The molecule has 0 radical (unpaired) electrons. The Morgan fingerprint density at radius 3 is 2.37 bits per heavy atom. The molecule has 2 aromatic carbocycles. The highest BCUT2D eigenvalue weighted by Gasteiger charge is 2.23. The number of sulfonamides is 1. The van der Waals surface area contributed by atoms with Crippen molar-refractivity contribution in [3.63, 3.8) is 0 Å². The summed E-state index contributed by atoms with van der Waals surface area (Å²) in [6.07, 6.45) is 0.980. The van der Waals surface area contributed by atoms with Gasteiger partial charge in [0.2, 0.25) is 10.0 Å². The zero-order valence-corrected chi connectivity index (χ0v) is 15.1. The van der Waals surface area contributed by atoms with Crippen LogP contribution in [-0.2, 0) is 10.0 Å². The molecule has 0 aliphatic carbocycles. The first-order chi connectivity index (χ1) is 12.6. The van der Waals surface area contributed by atoms with Crippen LogP contribution in [0.2, 0.25) is 5.02 Å². The molecule has 0 fully saturated rings. The lowest BCUT2D eigenvalue weighted by atomic mass is 10.1. The highest BCUT2D eigenvalue weighted by atomic mass is 35.5. The molecule has 7 nitrogen and oxygen atoms in total. The standard InChI is InChI=1S/C16H11ClF2N2O5S/c1-25-14-6-9(2-3-10(14)17)21-13(7-26-16(21)22)8-4-11(18)15(12(19)5-8)27(20,23)24/h2-7H,1H3,(H2,20,23,24). The van der Waals surface area contributed by atoms with E-state index in [-0.39, 0.29) is 27.7 Å². The van der Waals surface area contributed by atoms with E-state index >= 15 is 0 Å². The number of methoxy groups -OCH3 is 1. The second-order valence-corrected chi connectivity index (χ2v) is 7.26. The minimum absolute atomic E-state index is 0.0249. The van der Waals surface area contributed by atoms with E-state index in [1.807, 2.05) is 0 Å². The van der Waals surface area contributed by atoms with Gasteiger partial charge in [-0.05, 0) is 24.3 Å². The number of oxazole rings is 1. The molecule has 0 saturated carbocycles. The molecule has 27 heavy (non-hydrogen) atoms. The molecule has 1 aromatic heterocycles. The van der Waals surface area contributed by atoms with Crippen LogP contribution in [0.3, 0.4) is 0 Å². The number of hydrogen-bond donors (Lipinski definition) is 1. The molecule has 0 unspecified atom stereocenters. The molecule has 3 rings (SSSR count). The smallest absolute Gasteiger partial charge is 0.424 e. The Hall–Kier alpha value is -2.69. The molecule has 0 saturated heterocycles. The SMILES string of the molecule is COc1cc(-n2c(-c3cc(F)c(S(N)(=O)=O)c(F)c3)coc2=O)ccc1Cl. The van der Waals surface area contributed by atoms with Crippen LogP contribution in [0, 0.1) is 11.6 Å². The van der Waals surface area contributed by atoms with Gasteiger partial charge in [-0.1, -0.05) is 11.6 Å². The van der Waals surface area contributed by atoms with Crippen molar-refractivity contribution >= 4 is 21.6 Å². The second-order valence-electron chi connectivity index (χ2n) is 5.36. The van der Waals surface area contributed by atoms with E-state index in [0.29, 0.717) is 0 Å². The quantitative estimate of drug-likeness (QED) is 0.704. The third-order valence-electron chi connectivity index (χ3n) is 3.67. The third-order valence-corrected chi connectivity index (χ3v) is 4.94. The van der Waals surface area contributed by atoms with E-state index in [9.17, 15) is 22.0 Å². The molecule has 0 amide bonds. The van der Waals surface area contributed by atoms with Crippen molar-refractivity contribution in [2.45, 2.75) is 4.90 Å². The summed E-state index contributed by atoms with van der Waals surface area (Å²) in [6, 6.07) is 5.82. The number of primary sulfonamides is 1. The predicted molar refractivity (Wildman–Crippen MR) is 92.6 cm³/mol. The molecule has 1 heterocycles. The van der Waals surface area contributed by atoms with Crippen LogP contribution in [-0.4, -0.2) is 20.1 Å². The number of rotatable bonds is 4. The topological polar surface area (TPSA) is 105 Å². The Morgan fingerprint density at radius 2 is 1.81 bits per heavy atom. The zero-order valence-electron chi connectivity index (χ0n) is 13.6. The van der Waals surface area contributed by atoms with Gasteiger partial charge in [0.25, 0.3) is 0 Å². The number of hydrogen-bond acceptors (Lipinski definition) is 5. The van der Waals surface area contributed by atoms with Crippen molar-refractivity contribution in [3.8, 4) is 22.7 Å². The van der Waals surface area contributed by atoms with E-state index in [0.717, 1.165) is 23.0 Å². The van der Waals surface area contributed by atoms with E-state index in [2.05, 4.69) is 0 Å². The molecule has 0 aliphatic heterocycles. The van der Waals surface area contributed by atoms with Crippen LogP contribution in [0.5, 0.6) is 5.75 Å². The Balaban J connectivity index is 2.23. The highest BCUT2D eigenvalue weighted by Crippen LogP contribution is 2.30. The fourth-order valence-corrected chi connectivity index (χ4v) is 3.37. The molecule has 0 spiro atoms. The molecule has 3 aromatic rings. The first-order valence-corrected chi connectivity index (χ1v) is 9.12. The molecule has 0 bridgehead atoms. The molecule has 0 atom stereocenters. The van der Waals surface area contributed by atoms with Gasteiger partial charge in [-0.15, -0.1) is 0 Å². The average Bonchev–Trinajstić information content (AvgIpc) is 2.95. The van der Waals surface area contributed by atoms with Gasteiger partial charge >= 0.3 is 5.76 Å². The average molecular weight is 417 g/mol. The van der Waals surface area contributed by atoms with Crippen molar-refractivity contribution < 1.29 is 26.4 Å². The lowest BCUT2D eigenvalue weighted by Gasteiger charge is -2.10. The van der Waals surface area contributed by atoms with E-state index in [1.54, 1.807) is 0 Å². The number of benzene rings is 2. The Bertz CT molecular complexity index is 1180. The molecule has 142 valence electrons. The fraction of sp³-hybridized carbons (Fsp3) is 0.0625. The van der Waals surface area contributed by atoms with Crippen LogP contribution in [0.4, 0.5) is 8.78 Å². The molecular formula is C16H11ClF2N2O5S. The van der Waals surface area contributed by atoms with Crippen LogP contribution in [0.15, 0.2) is 50.7 Å². The van der Waals surface area contributed by atoms with Gasteiger partial charge in [0.05, 0.1) is 23.5 Å². The maximum atomic E-state index is 14.2. The lowest BCUT2D eigenvalue weighted by molar-refractivity contribution is 0.414. The molecular weight excluding hydrogens is 406 g/mol. The van der Waals surface area contributed by atoms with Crippen LogP contribution in [0.1, 0.15) is 0 Å². The van der Waals surface area contributed by atoms with Crippen molar-refractivity contribution in [2.24, 2.45) is 5.14 Å². The van der Waals surface area contributed by atoms with Crippen molar-refractivity contribution in [2.75, 3.05) is 7.11 Å². The first-order valence-electron chi connectivity index (χ1n) is 7.20. The van der Waals surface area contributed by atoms with Gasteiger partial charge in [0.1, 0.15) is 23.6 Å². The summed E-state index contributed by atoms with van der Waals surface area (Å²) >= 11 is 5.95. The number of aromatic nitrogens is 1. The summed E-state index contributed by atoms with van der Waals surface area (Å²) in [4.78, 5) is 10.8. The number of nitrogens with zero attached hydrogens (tertiary/aromatic N) is 1. The van der Waals surface area contributed by atoms with Gasteiger partial charge in [0.15, 0.2) is 4.90 Å². The number of halogens is 3. The normalized spacial score (nSPS) is 11.6. The Morgan fingerprint density at radius 1 is 1.19 bits per heavy atom. The van der Waals surface area contributed by atoms with Crippen LogP contribution >= 0.6 is 11.6 Å². The maximum Gasteiger partial charge on any atom is 0.424 e. The minimum Gasteiger partial charge on any atom is -0.495 e. The highest BCUT2D eigenvalue weighted by molar-refractivity contribution is 7.89. The first kappa shape index (κ1) is 19.1. The summed E-state index contributed by atoms with van der Waals surface area (Å²) in [5.74, 6) is -3.39. The summed E-state index contributed by atoms with van der Waals surface area (Å²) in [5.41, 5.74) is 0.0849. The van der Waals surface area contributed by atoms with Crippen molar-refractivity contribution in [3.05, 3.63) is 63.8 Å². The molecule has 2 N–H and O–H groups in total. The fourth-order valence-electron chi connectivity index (χ4n) is 2.52. The summed E-state index contributed by atoms with van der Waals surface area (Å²) in [7, 11) is -3.23. The zero-order chi connectivity index (χ0) is 19.9. The van der Waals surface area contributed by atoms with Gasteiger partial charge in [-0.3, -0.25) is 0 Å². The second kappa shape index (κ2) is 6.80. The van der Waals surface area contributed by atoms with Crippen LogP contribution in [0.25, 0.3) is 16.9 Å². The molecule has 0 aliphatic rings. The third kappa shape index (κ3) is 3.46. The van der Waals surface area contributed by atoms with Crippen LogP contribution < -0.4 is 15.6 Å². The van der Waals surface area contributed by atoms with E-state index < -0.39 is 32.3 Å². The summed E-state index contributed by atoms with van der Waals surface area (Å²) in [6.45, 7) is 0. The van der Waals surface area contributed by atoms with Crippen molar-refractivity contribution in [1.82, 2.24) is 4.57 Å². The van der Waals surface area contributed by atoms with Gasteiger partial charge < -0.3 is 9.15 Å². The van der Waals surface area contributed by atoms with Crippen molar-refractivity contribution in [1.29, 1.82) is 0 Å². The summed E-state index contributed by atoms with van der Waals surface area (Å²) in [5, 5.41) is 5.10. The monoisotopic (exact) mass is 416 g/mol. The van der Waals surface area contributed by atoms with Gasteiger partial charge in [-0.2, -0.15) is 0 Å². The Labute approximate surface area is 156 Å². The molecule has 11 heteroatoms. The van der Waals surface area contributed by atoms with E-state index in [4.69, 9.17) is 25.9 Å². The Kier molecular flexibility index (Phi) is 4.81. The largest absolute Gasteiger partial charge is 0.495 e. The lowest BCUT2D eigenvalue weighted by Crippen LogP contribution is -2.17. The van der Waals surface area contributed by atoms with Gasteiger partial charge in [0, 0.05) is 11.6 Å². The predicted octanol–water partition coefficient (Wildman–Crippen LogP) is 2.69. The number of nitrogens with two attached hydrogens (primary N) is 1. The summed E-state index contributed by atoms with van der Waals surface area (Å²) < 4.78 is 61.9. The number of ether oxygens (including phenoxy) is 1. The van der Waals surface area contributed by atoms with Gasteiger partial charge in [-0.25, -0.2) is 31.7 Å². The minimum atomic E-state index is -4.61.